The van der Waals surface area contributed by atoms with Crippen molar-refractivity contribution in [3.8, 4) is 0 Å². The van der Waals surface area contributed by atoms with Crippen LogP contribution in [0.2, 0.25) is 0 Å². The highest BCUT2D eigenvalue weighted by molar-refractivity contribution is 9.10. The second-order valence-electron chi connectivity index (χ2n) is 5.05. The van der Waals surface area contributed by atoms with E-state index in [0.717, 1.165) is 27.8 Å². The first kappa shape index (κ1) is 17.7. The second kappa shape index (κ2) is 8.26. The molecule has 6 heteroatoms. The predicted molar refractivity (Wildman–Crippen MR) is 96.1 cm³/mol. The predicted octanol–water partition coefficient (Wildman–Crippen LogP) is 4.43. The number of esters is 1. The Morgan fingerprint density at radius 2 is 1.96 bits per heavy atom. The van der Waals surface area contributed by atoms with E-state index in [0.29, 0.717) is 10.6 Å². The molecule has 23 heavy (non-hydrogen) atoms. The van der Waals surface area contributed by atoms with Crippen LogP contribution in [0, 0.1) is 0 Å². The van der Waals surface area contributed by atoms with Crippen molar-refractivity contribution >= 4 is 44.1 Å². The van der Waals surface area contributed by atoms with Gasteiger partial charge in [-0.15, -0.1) is 11.3 Å². The maximum absolute atomic E-state index is 12.2. The molecule has 0 fully saturated rings. The maximum atomic E-state index is 12.2. The summed E-state index contributed by atoms with van der Waals surface area (Å²) < 4.78 is 5.76. The van der Waals surface area contributed by atoms with Crippen molar-refractivity contribution in [3.05, 3.63) is 50.8 Å². The van der Waals surface area contributed by atoms with E-state index in [4.69, 9.17) is 4.74 Å². The lowest BCUT2D eigenvalue weighted by atomic mass is 10.1. The smallest absolute Gasteiger partial charge is 0.340 e. The van der Waals surface area contributed by atoms with E-state index in [1.165, 1.54) is 18.4 Å². The molecule has 0 saturated carbocycles. The molecule has 0 aliphatic carbocycles. The van der Waals surface area contributed by atoms with Crippen LogP contribution in [0.15, 0.2) is 34.8 Å². The van der Waals surface area contributed by atoms with Gasteiger partial charge in [-0.1, -0.05) is 41.4 Å². The zero-order valence-electron chi connectivity index (χ0n) is 13.0. The van der Waals surface area contributed by atoms with E-state index in [1.54, 1.807) is 6.07 Å². The minimum Gasteiger partial charge on any atom is -0.465 e. The Kier molecular flexibility index (Phi) is 6.36. The highest BCUT2D eigenvalue weighted by Gasteiger charge is 2.18. The number of methoxy groups -OCH3 is 1. The van der Waals surface area contributed by atoms with Crippen LogP contribution >= 0.6 is 27.3 Å². The molecule has 0 saturated heterocycles. The molecule has 2 aromatic rings. The summed E-state index contributed by atoms with van der Waals surface area (Å²) in [7, 11) is 1.34. The van der Waals surface area contributed by atoms with Crippen molar-refractivity contribution in [1.82, 2.24) is 0 Å². The number of hydrogen-bond donors (Lipinski definition) is 1. The Morgan fingerprint density at radius 3 is 2.57 bits per heavy atom. The van der Waals surface area contributed by atoms with Crippen molar-refractivity contribution in [3.63, 3.8) is 0 Å². The Hall–Kier alpha value is -1.66. The van der Waals surface area contributed by atoms with Crippen LogP contribution in [-0.2, 0) is 22.4 Å². The minimum atomic E-state index is -0.428. The number of benzene rings is 1. The van der Waals surface area contributed by atoms with E-state index in [2.05, 4.69) is 28.2 Å². The van der Waals surface area contributed by atoms with E-state index >= 15 is 0 Å². The van der Waals surface area contributed by atoms with E-state index in [-0.39, 0.29) is 12.3 Å². The van der Waals surface area contributed by atoms with Gasteiger partial charge in [0.1, 0.15) is 5.00 Å². The fourth-order valence-electron chi connectivity index (χ4n) is 2.12. The third-order valence-corrected chi connectivity index (χ3v) is 4.85. The normalized spacial score (nSPS) is 10.4. The van der Waals surface area contributed by atoms with Gasteiger partial charge in [0.2, 0.25) is 5.91 Å². The lowest BCUT2D eigenvalue weighted by molar-refractivity contribution is -0.115. The van der Waals surface area contributed by atoms with Crippen LogP contribution in [0.25, 0.3) is 0 Å². The molecule has 1 aromatic carbocycles. The summed E-state index contributed by atoms with van der Waals surface area (Å²) in [6.07, 6.45) is 2.11. The number of carbonyl (C=O) groups is 2. The summed E-state index contributed by atoms with van der Waals surface area (Å²) in [6, 6.07) is 9.37. The minimum absolute atomic E-state index is 0.151. The first-order valence-electron chi connectivity index (χ1n) is 7.28. The molecule has 4 nitrogen and oxygen atoms in total. The molecule has 0 radical (unpaired) electrons. The topological polar surface area (TPSA) is 55.4 Å². The molecule has 1 aromatic heterocycles. The average molecular weight is 396 g/mol. The van der Waals surface area contributed by atoms with Crippen molar-refractivity contribution in [1.29, 1.82) is 0 Å². The molecule has 0 aliphatic heterocycles. The van der Waals surface area contributed by atoms with Gasteiger partial charge >= 0.3 is 5.97 Å². The van der Waals surface area contributed by atoms with Crippen LogP contribution < -0.4 is 5.32 Å². The molecule has 1 heterocycles. The number of carbonyl (C=O) groups excluding carboxylic acids is 2. The molecule has 2 rings (SSSR count). The lowest BCUT2D eigenvalue weighted by Crippen LogP contribution is -2.15. The van der Waals surface area contributed by atoms with Gasteiger partial charge in [-0.3, -0.25) is 4.79 Å². The first-order chi connectivity index (χ1) is 11.0. The van der Waals surface area contributed by atoms with Crippen LogP contribution in [0.4, 0.5) is 5.00 Å². The number of rotatable bonds is 6. The molecule has 0 atom stereocenters. The number of thiophene rings is 1. The van der Waals surface area contributed by atoms with E-state index in [9.17, 15) is 9.59 Å². The third-order valence-electron chi connectivity index (χ3n) is 3.22. The molecule has 0 spiro atoms. The molecular formula is C17H18BrNO3S. The van der Waals surface area contributed by atoms with E-state index < -0.39 is 5.97 Å². The van der Waals surface area contributed by atoms with Gasteiger partial charge in [0, 0.05) is 9.35 Å². The van der Waals surface area contributed by atoms with Crippen LogP contribution in [0.1, 0.15) is 34.1 Å². The summed E-state index contributed by atoms with van der Waals surface area (Å²) in [4.78, 5) is 25.1. The van der Waals surface area contributed by atoms with Crippen LogP contribution in [0.5, 0.6) is 0 Å². The fourth-order valence-corrected chi connectivity index (χ4v) is 3.55. The van der Waals surface area contributed by atoms with Gasteiger partial charge in [0.15, 0.2) is 0 Å². The number of anilines is 1. The molecule has 0 aliphatic rings. The van der Waals surface area contributed by atoms with Gasteiger partial charge in [-0.25, -0.2) is 4.79 Å². The van der Waals surface area contributed by atoms with Crippen molar-refractivity contribution in [2.24, 2.45) is 0 Å². The molecule has 0 bridgehead atoms. The SMILES string of the molecule is CCCc1cc(C(=O)OC)c(NC(=O)Cc2ccc(Br)cc2)s1. The molecule has 0 unspecified atom stereocenters. The van der Waals surface area contributed by atoms with Gasteiger partial charge in [-0.05, 0) is 30.2 Å². The summed E-state index contributed by atoms with van der Waals surface area (Å²) in [6.45, 7) is 2.07. The first-order valence-corrected chi connectivity index (χ1v) is 8.89. The molecule has 1 N–H and O–H groups in total. The Bertz CT molecular complexity index is 694. The van der Waals surface area contributed by atoms with Crippen LogP contribution in [0.3, 0.4) is 0 Å². The number of nitrogens with one attached hydrogen (secondary N) is 1. The van der Waals surface area contributed by atoms with Crippen molar-refractivity contribution in [2.75, 3.05) is 12.4 Å². The van der Waals surface area contributed by atoms with Gasteiger partial charge in [0.05, 0.1) is 19.1 Å². The maximum Gasteiger partial charge on any atom is 0.340 e. The fraction of sp³-hybridized carbons (Fsp3) is 0.294. The summed E-state index contributed by atoms with van der Waals surface area (Å²) in [5.41, 5.74) is 1.33. The van der Waals surface area contributed by atoms with Crippen molar-refractivity contribution in [2.45, 2.75) is 26.2 Å². The highest BCUT2D eigenvalue weighted by Crippen LogP contribution is 2.30. The Labute approximate surface area is 148 Å². The van der Waals surface area contributed by atoms with Crippen molar-refractivity contribution < 1.29 is 14.3 Å². The van der Waals surface area contributed by atoms with Gasteiger partial charge < -0.3 is 10.1 Å². The number of amides is 1. The molecule has 122 valence electrons. The van der Waals surface area contributed by atoms with Crippen LogP contribution in [-0.4, -0.2) is 19.0 Å². The zero-order valence-corrected chi connectivity index (χ0v) is 15.4. The summed E-state index contributed by atoms with van der Waals surface area (Å²) in [5.74, 6) is -0.579. The van der Waals surface area contributed by atoms with Gasteiger partial charge in [0.25, 0.3) is 0 Å². The number of aryl methyl sites for hydroxylation is 1. The quantitative estimate of drug-likeness (QED) is 0.735. The summed E-state index contributed by atoms with van der Waals surface area (Å²) in [5, 5.41) is 3.39. The Balaban J connectivity index is 2.12. The average Bonchev–Trinajstić information content (AvgIpc) is 2.91. The number of halogens is 1. The largest absolute Gasteiger partial charge is 0.465 e. The number of hydrogen-bond acceptors (Lipinski definition) is 4. The lowest BCUT2D eigenvalue weighted by Gasteiger charge is -2.05. The van der Waals surface area contributed by atoms with E-state index in [1.807, 2.05) is 24.3 Å². The standard InChI is InChI=1S/C17H18BrNO3S/c1-3-4-13-10-14(17(21)22-2)16(23-13)19-15(20)9-11-5-7-12(18)8-6-11/h5-8,10H,3-4,9H2,1-2H3,(H,19,20). The monoisotopic (exact) mass is 395 g/mol. The molecular weight excluding hydrogens is 378 g/mol. The highest BCUT2D eigenvalue weighted by atomic mass is 79.9. The summed E-state index contributed by atoms with van der Waals surface area (Å²) >= 11 is 4.79. The number of ether oxygens (including phenoxy) is 1. The zero-order chi connectivity index (χ0) is 16.8. The second-order valence-corrected chi connectivity index (χ2v) is 7.10. The van der Waals surface area contributed by atoms with Gasteiger partial charge in [-0.2, -0.15) is 0 Å². The third kappa shape index (κ3) is 4.91. The Morgan fingerprint density at radius 1 is 1.26 bits per heavy atom. The molecule has 1 amide bonds.